The highest BCUT2D eigenvalue weighted by molar-refractivity contribution is 7.92. The van der Waals surface area contributed by atoms with Gasteiger partial charge in [0, 0.05) is 42.9 Å². The number of halogens is 1. The van der Waals surface area contributed by atoms with Crippen LogP contribution >= 0.6 is 11.6 Å². The fraction of sp³-hybridized carbons (Fsp3) is 0.472. The molecule has 49 heavy (non-hydrogen) atoms. The Morgan fingerprint density at radius 2 is 1.76 bits per heavy atom. The molecule has 3 aromatic carbocycles. The molecule has 0 spiro atoms. The Bertz CT molecular complexity index is 1690. The van der Waals surface area contributed by atoms with E-state index in [4.69, 9.17) is 30.5 Å². The standard InChI is InChI=1S/C36H46ClN3O8S/c1-24-19-40(25(2)22-41)36(42)31-18-29(38-49(43,44)30-12-9-28(37)10-13-30)11-15-32(31)48-26(3)7-5-6-16-45-35(24)21-39(4)20-27-8-14-33-34(17-27)47-23-46-33/h8-15,17-18,24-26,35,38,41H,5-7,16,19-23H2,1-4H3/t24-,25-,26-,35+/m0/s1. The van der Waals surface area contributed by atoms with Crippen molar-refractivity contribution in [2.75, 3.05) is 44.9 Å². The summed E-state index contributed by atoms with van der Waals surface area (Å²) in [6.07, 6.45) is 2.02. The lowest BCUT2D eigenvalue weighted by atomic mass is 10.0. The van der Waals surface area contributed by atoms with Crippen LogP contribution in [0.2, 0.25) is 5.02 Å². The second kappa shape index (κ2) is 16.4. The van der Waals surface area contributed by atoms with Crippen LogP contribution in [-0.4, -0.2) is 87.6 Å². The molecule has 0 bridgehead atoms. The van der Waals surface area contributed by atoms with Crippen molar-refractivity contribution in [3.8, 4) is 17.2 Å². The van der Waals surface area contributed by atoms with E-state index in [-0.39, 0.29) is 53.6 Å². The molecule has 2 heterocycles. The van der Waals surface area contributed by atoms with Gasteiger partial charge >= 0.3 is 0 Å². The molecule has 266 valence electrons. The minimum atomic E-state index is -3.97. The molecule has 5 rings (SSSR count). The van der Waals surface area contributed by atoms with Gasteiger partial charge in [0.25, 0.3) is 15.9 Å². The fourth-order valence-corrected chi connectivity index (χ4v) is 7.17. The molecule has 0 saturated heterocycles. The summed E-state index contributed by atoms with van der Waals surface area (Å²) in [5.74, 6) is 1.33. The molecule has 2 aliphatic heterocycles. The third-order valence-electron chi connectivity index (χ3n) is 8.81. The van der Waals surface area contributed by atoms with Crippen LogP contribution in [0.25, 0.3) is 0 Å². The van der Waals surface area contributed by atoms with Crippen molar-refractivity contribution in [1.82, 2.24) is 9.80 Å². The fourth-order valence-electron chi connectivity index (χ4n) is 6.00. The summed E-state index contributed by atoms with van der Waals surface area (Å²) in [7, 11) is -1.94. The van der Waals surface area contributed by atoms with Gasteiger partial charge < -0.3 is 29.0 Å². The number of nitrogens with zero attached hydrogens (tertiary/aromatic N) is 2. The molecule has 2 aliphatic rings. The molecule has 1 amide bonds. The number of aliphatic hydroxyl groups excluding tert-OH is 1. The zero-order valence-electron chi connectivity index (χ0n) is 28.4. The average Bonchev–Trinajstić information content (AvgIpc) is 3.54. The number of benzene rings is 3. The zero-order chi connectivity index (χ0) is 35.1. The zero-order valence-corrected chi connectivity index (χ0v) is 30.0. The average molecular weight is 716 g/mol. The van der Waals surface area contributed by atoms with Crippen LogP contribution in [0.5, 0.6) is 17.2 Å². The molecule has 3 aromatic rings. The van der Waals surface area contributed by atoms with Crippen LogP contribution in [0.3, 0.4) is 0 Å². The SMILES string of the molecule is C[C@H]1CCCCO[C@H](CN(C)Cc2ccc3c(c2)OCO3)[C@@H](C)CN([C@@H](C)CO)C(=O)c2cc(NS(=O)(=O)c3ccc(Cl)cc3)ccc2O1. The van der Waals surface area contributed by atoms with Crippen LogP contribution in [0.1, 0.15) is 56.0 Å². The van der Waals surface area contributed by atoms with Crippen LogP contribution in [0.15, 0.2) is 65.6 Å². The molecule has 0 radical (unpaired) electrons. The highest BCUT2D eigenvalue weighted by Gasteiger charge is 2.31. The highest BCUT2D eigenvalue weighted by Crippen LogP contribution is 2.33. The predicted molar refractivity (Wildman–Crippen MR) is 188 cm³/mol. The Morgan fingerprint density at radius 3 is 2.51 bits per heavy atom. The number of hydrogen-bond acceptors (Lipinski definition) is 9. The number of carbonyl (C=O) groups is 1. The Labute approximate surface area is 294 Å². The molecule has 0 fully saturated rings. The Kier molecular flexibility index (Phi) is 12.3. The maximum Gasteiger partial charge on any atom is 0.261 e. The first-order valence-corrected chi connectivity index (χ1v) is 18.5. The van der Waals surface area contributed by atoms with E-state index in [1.165, 1.54) is 30.3 Å². The Balaban J connectivity index is 1.40. The maximum absolute atomic E-state index is 14.4. The first-order chi connectivity index (χ1) is 23.4. The number of rotatable bonds is 9. The number of amides is 1. The van der Waals surface area contributed by atoms with Crippen molar-refractivity contribution in [2.45, 2.75) is 69.7 Å². The number of nitrogens with one attached hydrogen (secondary N) is 1. The lowest BCUT2D eigenvalue weighted by Crippen LogP contribution is -2.47. The van der Waals surface area contributed by atoms with Crippen molar-refractivity contribution in [1.29, 1.82) is 0 Å². The molecule has 4 atom stereocenters. The summed E-state index contributed by atoms with van der Waals surface area (Å²) in [6.45, 7) is 7.87. The Hall–Kier alpha value is -3.55. The second-order valence-electron chi connectivity index (χ2n) is 13.0. The summed E-state index contributed by atoms with van der Waals surface area (Å²) in [5.41, 5.74) is 1.49. The molecule has 0 saturated carbocycles. The number of anilines is 1. The van der Waals surface area contributed by atoms with E-state index < -0.39 is 16.1 Å². The van der Waals surface area contributed by atoms with Crippen molar-refractivity contribution < 1.29 is 37.3 Å². The minimum Gasteiger partial charge on any atom is -0.490 e. The molecular formula is C36H46ClN3O8S. The topological polar surface area (TPSA) is 127 Å². The number of aliphatic hydroxyl groups is 1. The number of likely N-dealkylation sites (N-methyl/N-ethyl adjacent to an activating group) is 1. The third kappa shape index (κ3) is 9.58. The molecule has 2 N–H and O–H groups in total. The van der Waals surface area contributed by atoms with Gasteiger partial charge in [0.15, 0.2) is 11.5 Å². The van der Waals surface area contributed by atoms with Gasteiger partial charge in [0.1, 0.15) is 5.75 Å². The molecule has 0 unspecified atom stereocenters. The smallest absolute Gasteiger partial charge is 0.261 e. The van der Waals surface area contributed by atoms with Gasteiger partial charge in [0.05, 0.1) is 35.3 Å². The minimum absolute atomic E-state index is 0.0343. The quantitative estimate of drug-likeness (QED) is 0.283. The van der Waals surface area contributed by atoms with Gasteiger partial charge in [-0.2, -0.15) is 0 Å². The van der Waals surface area contributed by atoms with E-state index in [1.807, 2.05) is 39.1 Å². The van der Waals surface area contributed by atoms with E-state index in [2.05, 4.69) is 9.62 Å². The van der Waals surface area contributed by atoms with E-state index >= 15 is 0 Å². The molecule has 0 aromatic heterocycles. The highest BCUT2D eigenvalue weighted by atomic mass is 35.5. The summed E-state index contributed by atoms with van der Waals surface area (Å²) >= 11 is 5.96. The van der Waals surface area contributed by atoms with Gasteiger partial charge in [-0.3, -0.25) is 14.4 Å². The van der Waals surface area contributed by atoms with Gasteiger partial charge in [0.2, 0.25) is 6.79 Å². The predicted octanol–water partition coefficient (Wildman–Crippen LogP) is 5.80. The van der Waals surface area contributed by atoms with Gasteiger partial charge in [-0.15, -0.1) is 0 Å². The summed E-state index contributed by atoms with van der Waals surface area (Å²) < 4.78 is 52.8. The van der Waals surface area contributed by atoms with Crippen molar-refractivity contribution in [3.05, 3.63) is 76.8 Å². The van der Waals surface area contributed by atoms with Crippen LogP contribution in [-0.2, 0) is 21.3 Å². The lowest BCUT2D eigenvalue weighted by Gasteiger charge is -2.36. The molecular weight excluding hydrogens is 670 g/mol. The van der Waals surface area contributed by atoms with E-state index in [9.17, 15) is 18.3 Å². The van der Waals surface area contributed by atoms with Crippen molar-refractivity contribution >= 4 is 33.2 Å². The second-order valence-corrected chi connectivity index (χ2v) is 15.1. The van der Waals surface area contributed by atoms with Crippen molar-refractivity contribution in [2.24, 2.45) is 5.92 Å². The molecule has 11 nitrogen and oxygen atoms in total. The first kappa shape index (κ1) is 36.7. The summed E-state index contributed by atoms with van der Waals surface area (Å²) in [4.78, 5) is 18.3. The van der Waals surface area contributed by atoms with Crippen LogP contribution in [0, 0.1) is 5.92 Å². The lowest BCUT2D eigenvalue weighted by molar-refractivity contribution is -0.0177. The van der Waals surface area contributed by atoms with Gasteiger partial charge in [-0.25, -0.2) is 8.42 Å². The molecule has 13 heteroatoms. The summed E-state index contributed by atoms with van der Waals surface area (Å²) in [5, 5.41) is 10.7. The number of hydrogen-bond donors (Lipinski definition) is 2. The number of ether oxygens (including phenoxy) is 4. The van der Waals surface area contributed by atoms with Gasteiger partial charge in [-0.05, 0) is 100 Å². The van der Waals surface area contributed by atoms with Crippen LogP contribution in [0.4, 0.5) is 5.69 Å². The normalized spacial score (nSPS) is 21.1. The Morgan fingerprint density at radius 1 is 1.02 bits per heavy atom. The van der Waals surface area contributed by atoms with E-state index in [0.717, 1.165) is 36.3 Å². The number of carbonyl (C=O) groups excluding carboxylic acids is 1. The third-order valence-corrected chi connectivity index (χ3v) is 10.5. The number of sulfonamides is 1. The maximum atomic E-state index is 14.4. The van der Waals surface area contributed by atoms with Crippen LogP contribution < -0.4 is 18.9 Å². The largest absolute Gasteiger partial charge is 0.490 e. The molecule has 0 aliphatic carbocycles. The van der Waals surface area contributed by atoms with Gasteiger partial charge in [-0.1, -0.05) is 24.6 Å². The first-order valence-electron chi connectivity index (χ1n) is 16.6. The number of fused-ring (bicyclic) bond motifs is 2. The van der Waals surface area contributed by atoms with Crippen molar-refractivity contribution in [3.63, 3.8) is 0 Å². The monoisotopic (exact) mass is 715 g/mol. The van der Waals surface area contributed by atoms with E-state index in [0.29, 0.717) is 37.0 Å². The summed E-state index contributed by atoms with van der Waals surface area (Å²) in [6, 6.07) is 15.9. The van der Waals surface area contributed by atoms with E-state index in [1.54, 1.807) is 24.0 Å².